The molecule has 1 aliphatic heterocycles. The lowest BCUT2D eigenvalue weighted by molar-refractivity contribution is -0.132. The Morgan fingerprint density at radius 3 is 2.43 bits per heavy atom. The molecule has 1 aliphatic rings. The molecule has 1 amide bonds. The summed E-state index contributed by atoms with van der Waals surface area (Å²) in [5, 5.41) is 5.10. The first-order valence-electron chi connectivity index (χ1n) is 7.51. The van der Waals surface area contributed by atoms with E-state index in [1.54, 1.807) is 12.0 Å². The monoisotopic (exact) mass is 341 g/mol. The van der Waals surface area contributed by atoms with Crippen LogP contribution in [0.1, 0.15) is 24.8 Å². The van der Waals surface area contributed by atoms with E-state index in [4.69, 9.17) is 9.88 Å². The van der Waals surface area contributed by atoms with Gasteiger partial charge >= 0.3 is 0 Å². The van der Waals surface area contributed by atoms with Crippen molar-refractivity contribution in [1.29, 1.82) is 0 Å². The van der Waals surface area contributed by atoms with E-state index in [1.165, 1.54) is 4.31 Å². The Morgan fingerprint density at radius 2 is 1.87 bits per heavy atom. The van der Waals surface area contributed by atoms with Gasteiger partial charge in [-0.1, -0.05) is 25.1 Å². The Balaban J connectivity index is 1.95. The van der Waals surface area contributed by atoms with Gasteiger partial charge in [0.1, 0.15) is 5.75 Å². The van der Waals surface area contributed by atoms with Gasteiger partial charge in [0.05, 0.1) is 7.11 Å². The van der Waals surface area contributed by atoms with E-state index in [0.717, 1.165) is 11.3 Å². The van der Waals surface area contributed by atoms with Gasteiger partial charge in [-0.15, -0.1) is 0 Å². The Hall–Kier alpha value is -1.64. The summed E-state index contributed by atoms with van der Waals surface area (Å²) in [7, 11) is -2.06. The fraction of sp³-hybridized carbons (Fsp3) is 0.533. The van der Waals surface area contributed by atoms with Crippen LogP contribution in [-0.4, -0.2) is 56.8 Å². The molecule has 2 N–H and O–H groups in total. The summed E-state index contributed by atoms with van der Waals surface area (Å²) in [5.41, 5.74) is 0.992. The number of hydrogen-bond donors (Lipinski definition) is 1. The summed E-state index contributed by atoms with van der Waals surface area (Å²) in [6.07, 6.45) is 0.357. The molecule has 8 heteroatoms. The van der Waals surface area contributed by atoms with Crippen molar-refractivity contribution in [3.05, 3.63) is 29.8 Å². The average Bonchev–Trinajstić information content (AvgIpc) is 2.54. The van der Waals surface area contributed by atoms with E-state index in [0.29, 0.717) is 19.5 Å². The van der Waals surface area contributed by atoms with Crippen molar-refractivity contribution in [3.63, 3.8) is 0 Å². The van der Waals surface area contributed by atoms with Crippen LogP contribution in [0.25, 0.3) is 0 Å². The Kier molecular flexibility index (Phi) is 5.61. The molecular formula is C15H23N3O4S. The summed E-state index contributed by atoms with van der Waals surface area (Å²) >= 11 is 0. The zero-order valence-electron chi connectivity index (χ0n) is 13.4. The number of carbonyl (C=O) groups excluding carboxylic acids is 1. The Morgan fingerprint density at radius 1 is 1.26 bits per heavy atom. The van der Waals surface area contributed by atoms with Crippen LogP contribution in [-0.2, 0) is 15.0 Å². The van der Waals surface area contributed by atoms with E-state index >= 15 is 0 Å². The number of rotatable bonds is 5. The van der Waals surface area contributed by atoms with Crippen molar-refractivity contribution in [2.45, 2.75) is 19.3 Å². The number of nitrogens with two attached hydrogens (primary N) is 1. The van der Waals surface area contributed by atoms with Gasteiger partial charge in [0, 0.05) is 32.6 Å². The molecule has 0 spiro atoms. The van der Waals surface area contributed by atoms with Gasteiger partial charge in [0.15, 0.2) is 0 Å². The van der Waals surface area contributed by atoms with E-state index in [2.05, 4.69) is 0 Å². The van der Waals surface area contributed by atoms with Gasteiger partial charge in [-0.25, -0.2) is 5.14 Å². The summed E-state index contributed by atoms with van der Waals surface area (Å²) in [6.45, 7) is 3.21. The lowest BCUT2D eigenvalue weighted by Gasteiger charge is -2.33. The van der Waals surface area contributed by atoms with Gasteiger partial charge < -0.3 is 9.64 Å². The maximum Gasteiger partial charge on any atom is 0.277 e. The smallest absolute Gasteiger partial charge is 0.277 e. The van der Waals surface area contributed by atoms with Crippen molar-refractivity contribution in [2.75, 3.05) is 33.3 Å². The average molecular weight is 341 g/mol. The predicted octanol–water partition coefficient (Wildman–Crippen LogP) is 0.537. The highest BCUT2D eigenvalue weighted by molar-refractivity contribution is 7.86. The molecule has 1 aromatic rings. The molecule has 0 saturated carbocycles. The molecule has 0 aliphatic carbocycles. The first-order valence-corrected chi connectivity index (χ1v) is 9.02. The third kappa shape index (κ3) is 4.43. The SMILES string of the molecule is COc1ccccc1[C@@H](C)CC(=O)N1CCN(S(N)(=O)=O)CC1. The molecule has 1 heterocycles. The van der Waals surface area contributed by atoms with Gasteiger partial charge in [-0.05, 0) is 17.5 Å². The van der Waals surface area contributed by atoms with Crippen LogP contribution in [0, 0.1) is 0 Å². The molecule has 1 atom stereocenters. The van der Waals surface area contributed by atoms with Crippen LogP contribution in [0.15, 0.2) is 24.3 Å². The van der Waals surface area contributed by atoms with Crippen molar-refractivity contribution in [1.82, 2.24) is 9.21 Å². The first kappa shape index (κ1) is 17.7. The number of methoxy groups -OCH3 is 1. The molecule has 23 heavy (non-hydrogen) atoms. The van der Waals surface area contributed by atoms with Crippen LogP contribution < -0.4 is 9.88 Å². The second-order valence-corrected chi connectivity index (χ2v) is 7.22. The Bertz CT molecular complexity index is 654. The number of benzene rings is 1. The molecule has 0 aromatic heterocycles. The number of para-hydroxylation sites is 1. The van der Waals surface area contributed by atoms with E-state index in [-0.39, 0.29) is 24.9 Å². The molecule has 128 valence electrons. The third-order valence-corrected chi connectivity index (χ3v) is 5.19. The second kappa shape index (κ2) is 7.29. The minimum Gasteiger partial charge on any atom is -0.496 e. The molecule has 0 unspecified atom stereocenters. The van der Waals surface area contributed by atoms with E-state index < -0.39 is 10.2 Å². The quantitative estimate of drug-likeness (QED) is 0.846. The highest BCUT2D eigenvalue weighted by Crippen LogP contribution is 2.29. The number of ether oxygens (including phenoxy) is 1. The highest BCUT2D eigenvalue weighted by atomic mass is 32.2. The van der Waals surface area contributed by atoms with Crippen molar-refractivity contribution in [2.24, 2.45) is 5.14 Å². The molecule has 1 aromatic carbocycles. The van der Waals surface area contributed by atoms with Crippen LogP contribution in [0.5, 0.6) is 5.75 Å². The van der Waals surface area contributed by atoms with E-state index in [1.807, 2.05) is 31.2 Å². The second-order valence-electron chi connectivity index (χ2n) is 5.67. The van der Waals surface area contributed by atoms with Gasteiger partial charge in [-0.2, -0.15) is 12.7 Å². The molecule has 0 radical (unpaired) electrons. The molecule has 0 bridgehead atoms. The largest absolute Gasteiger partial charge is 0.496 e. The summed E-state index contributed by atoms with van der Waals surface area (Å²) in [4.78, 5) is 14.1. The van der Waals surface area contributed by atoms with Crippen molar-refractivity contribution >= 4 is 16.1 Å². The predicted molar refractivity (Wildman–Crippen MR) is 87.3 cm³/mol. The summed E-state index contributed by atoms with van der Waals surface area (Å²) in [5.74, 6) is 0.805. The number of nitrogens with zero attached hydrogens (tertiary/aromatic N) is 2. The van der Waals surface area contributed by atoms with Gasteiger partial charge in [-0.3, -0.25) is 4.79 Å². The molecule has 2 rings (SSSR count). The fourth-order valence-electron chi connectivity index (χ4n) is 2.77. The topological polar surface area (TPSA) is 92.9 Å². The fourth-order valence-corrected chi connectivity index (χ4v) is 3.44. The maximum atomic E-state index is 12.4. The van der Waals surface area contributed by atoms with Crippen molar-refractivity contribution in [3.8, 4) is 5.75 Å². The molecule has 7 nitrogen and oxygen atoms in total. The highest BCUT2D eigenvalue weighted by Gasteiger charge is 2.27. The van der Waals surface area contributed by atoms with Crippen LogP contribution in [0.3, 0.4) is 0 Å². The van der Waals surface area contributed by atoms with Gasteiger partial charge in [0.25, 0.3) is 10.2 Å². The molecule has 1 saturated heterocycles. The number of piperazine rings is 1. The summed E-state index contributed by atoms with van der Waals surface area (Å²) in [6, 6.07) is 7.64. The minimum absolute atomic E-state index is 0.0116. The first-order chi connectivity index (χ1) is 10.8. The summed E-state index contributed by atoms with van der Waals surface area (Å²) < 4.78 is 29.1. The van der Waals surface area contributed by atoms with Crippen LogP contribution >= 0.6 is 0 Å². The number of carbonyl (C=O) groups is 1. The maximum absolute atomic E-state index is 12.4. The normalized spacial score (nSPS) is 17.8. The van der Waals surface area contributed by atoms with E-state index in [9.17, 15) is 13.2 Å². The van der Waals surface area contributed by atoms with Gasteiger partial charge in [0.2, 0.25) is 5.91 Å². The third-order valence-electron chi connectivity index (χ3n) is 4.10. The molecular weight excluding hydrogens is 318 g/mol. The zero-order valence-corrected chi connectivity index (χ0v) is 14.3. The number of hydrogen-bond acceptors (Lipinski definition) is 4. The lowest BCUT2D eigenvalue weighted by atomic mass is 9.96. The molecule has 1 fully saturated rings. The van der Waals surface area contributed by atoms with Crippen molar-refractivity contribution < 1.29 is 17.9 Å². The standard InChI is InChI=1S/C15H23N3O4S/c1-12(13-5-3-4-6-14(13)22-2)11-15(19)17-7-9-18(10-8-17)23(16,20)21/h3-6,12H,7-11H2,1-2H3,(H2,16,20,21)/t12-/m0/s1. The van der Waals surface area contributed by atoms with Crippen LogP contribution in [0.2, 0.25) is 0 Å². The lowest BCUT2D eigenvalue weighted by Crippen LogP contribution is -2.52. The number of amides is 1. The minimum atomic E-state index is -3.67. The zero-order chi connectivity index (χ0) is 17.0. The van der Waals surface area contributed by atoms with Crippen LogP contribution in [0.4, 0.5) is 0 Å². The Labute approximate surface area is 137 Å².